The largest absolute Gasteiger partial charge is 0.507 e. The number of amides is 1. The Labute approximate surface area is 308 Å². The molecule has 3 aliphatic rings. The van der Waals surface area contributed by atoms with Crippen LogP contribution in [0.5, 0.6) is 17.2 Å². The average molecular weight is 728 g/mol. The smallest absolute Gasteiger partial charge is 0.312 e. The lowest BCUT2D eigenvalue weighted by Crippen LogP contribution is -2.43. The summed E-state index contributed by atoms with van der Waals surface area (Å²) in [6, 6.07) is 3.66. The molecule has 0 unspecified atom stereocenters. The van der Waals surface area contributed by atoms with Crippen LogP contribution < -0.4 is 10.1 Å². The fourth-order valence-electron chi connectivity index (χ4n) is 7.51. The number of aromatic hydroxyl groups is 2. The minimum absolute atomic E-state index is 0.0194. The Kier molecular flexibility index (Phi) is 9.86. The van der Waals surface area contributed by atoms with Crippen LogP contribution in [0.2, 0.25) is 0 Å². The number of ether oxygens (including phenoxy) is 2. The number of hydrogen-bond donors (Lipinski definition) is 6. The van der Waals surface area contributed by atoms with Crippen molar-refractivity contribution in [3.05, 3.63) is 71.2 Å². The molecule has 0 saturated carbocycles. The van der Waals surface area contributed by atoms with Gasteiger partial charge in [-0.15, -0.1) is 0 Å². The number of rotatable bonds is 0. The number of phenols is 2. The molecule has 0 fully saturated rings. The molecule has 0 aliphatic carbocycles. The third-order valence-corrected chi connectivity index (χ3v) is 11.4. The molecular formula is C41H49N3O9. The number of hydrogen-bond acceptors (Lipinski definition) is 10. The van der Waals surface area contributed by atoms with Crippen LogP contribution in [0.3, 0.4) is 0 Å². The molecule has 12 nitrogen and oxygen atoms in total. The quantitative estimate of drug-likeness (QED) is 0.114. The average Bonchev–Trinajstić information content (AvgIpc) is 3.62. The second kappa shape index (κ2) is 13.8. The topological polar surface area (TPSA) is 183 Å². The molecule has 0 saturated heterocycles. The summed E-state index contributed by atoms with van der Waals surface area (Å²) in [5.41, 5.74) is 2.40. The van der Waals surface area contributed by atoms with E-state index in [0.29, 0.717) is 11.2 Å². The number of imidazole rings is 1. The van der Waals surface area contributed by atoms with Crippen LogP contribution in [0, 0.1) is 43.4 Å². The van der Waals surface area contributed by atoms with Crippen LogP contribution in [-0.2, 0) is 9.53 Å². The molecule has 6 N–H and O–H groups in total. The number of pyridine rings is 1. The van der Waals surface area contributed by atoms with Gasteiger partial charge >= 0.3 is 5.79 Å². The molecule has 1 amide bonds. The fraction of sp³-hybridized carbons (Fsp3) is 0.439. The molecule has 5 bridgehead atoms. The van der Waals surface area contributed by atoms with E-state index >= 15 is 0 Å². The Bertz CT molecular complexity index is 2240. The minimum Gasteiger partial charge on any atom is -0.507 e. The summed E-state index contributed by atoms with van der Waals surface area (Å²) in [6.07, 6.45) is 6.79. The zero-order valence-corrected chi connectivity index (χ0v) is 31.5. The van der Waals surface area contributed by atoms with Gasteiger partial charge in [0.15, 0.2) is 5.75 Å². The van der Waals surface area contributed by atoms with Crippen LogP contribution in [0.15, 0.2) is 54.5 Å². The molecule has 2 aromatic heterocycles. The molecule has 4 aromatic rings. The predicted molar refractivity (Wildman–Crippen MR) is 202 cm³/mol. The zero-order valence-electron chi connectivity index (χ0n) is 31.5. The number of ketones is 1. The number of aromatic nitrogens is 2. The number of aryl methyl sites for hydroxylation is 1. The van der Waals surface area contributed by atoms with Crippen molar-refractivity contribution >= 4 is 44.8 Å². The summed E-state index contributed by atoms with van der Waals surface area (Å²) in [6.45, 7) is 15.5. The molecule has 7 rings (SSSR count). The van der Waals surface area contributed by atoms with Gasteiger partial charge in [-0.05, 0) is 56.4 Å². The Balaban J connectivity index is 1.58. The van der Waals surface area contributed by atoms with E-state index in [9.17, 15) is 35.1 Å². The van der Waals surface area contributed by atoms with E-state index in [1.807, 2.05) is 32.9 Å². The van der Waals surface area contributed by atoms with Gasteiger partial charge in [0, 0.05) is 47.4 Å². The van der Waals surface area contributed by atoms with Crippen molar-refractivity contribution in [1.82, 2.24) is 9.38 Å². The number of aliphatic hydroxyl groups is 3. The first kappa shape index (κ1) is 37.8. The van der Waals surface area contributed by atoms with Gasteiger partial charge in [0.2, 0.25) is 0 Å². The van der Waals surface area contributed by atoms with Gasteiger partial charge in [-0.3, -0.25) is 14.0 Å². The van der Waals surface area contributed by atoms with Crippen LogP contribution in [0.4, 0.5) is 5.69 Å². The molecule has 0 spiro atoms. The molecule has 12 heteroatoms. The van der Waals surface area contributed by atoms with Crippen LogP contribution >= 0.6 is 0 Å². The van der Waals surface area contributed by atoms with E-state index in [0.717, 1.165) is 5.56 Å². The van der Waals surface area contributed by atoms with E-state index in [4.69, 9.17) is 14.5 Å². The molecule has 2 aromatic carbocycles. The standard InChI is InChI=1S/C41H49N3O9/c1-18-13-15-44-26(17-18)42-30-27-28-36(48)25(8)38-29(27)39(50)41(9,53-38)52-16-14-19(2)22(5)34(46)24(7)35(47)23(6)33(45)20(3)11-10-12-21(4)40(51)43-31(32(30)44)37(28)49/h10-17,19-20,22-24,33-35,45-49H,1-9H3,(H,43,51)/b11-10+,16-14+,21-12-/t19-,20-,22+,23+,24-,33-,34+,35+,41-/m0/s1. The molecule has 9 atom stereocenters. The van der Waals surface area contributed by atoms with Crippen molar-refractivity contribution in [2.45, 2.75) is 86.4 Å². The van der Waals surface area contributed by atoms with E-state index in [1.54, 1.807) is 69.5 Å². The van der Waals surface area contributed by atoms with Crippen molar-refractivity contribution in [3.8, 4) is 17.2 Å². The predicted octanol–water partition coefficient (Wildman–Crippen LogP) is 6.21. The van der Waals surface area contributed by atoms with Gasteiger partial charge in [-0.25, -0.2) is 4.98 Å². The van der Waals surface area contributed by atoms with Gasteiger partial charge in [-0.2, -0.15) is 0 Å². The summed E-state index contributed by atoms with van der Waals surface area (Å²) < 4.78 is 13.9. The highest BCUT2D eigenvalue weighted by Crippen LogP contribution is 2.54. The third kappa shape index (κ3) is 6.22. The fourth-order valence-corrected chi connectivity index (χ4v) is 7.51. The van der Waals surface area contributed by atoms with Gasteiger partial charge in [-0.1, -0.05) is 52.8 Å². The van der Waals surface area contributed by atoms with Crippen molar-refractivity contribution < 1.29 is 44.6 Å². The highest BCUT2D eigenvalue weighted by atomic mass is 16.7. The summed E-state index contributed by atoms with van der Waals surface area (Å²) >= 11 is 0. The summed E-state index contributed by atoms with van der Waals surface area (Å²) in [7, 11) is 0. The molecule has 3 aliphatic heterocycles. The first-order valence-corrected chi connectivity index (χ1v) is 18.0. The summed E-state index contributed by atoms with van der Waals surface area (Å²) in [5, 5.41) is 60.1. The normalized spacial score (nSPS) is 32.4. The van der Waals surface area contributed by atoms with Gasteiger partial charge < -0.3 is 40.3 Å². The highest BCUT2D eigenvalue weighted by molar-refractivity contribution is 6.28. The minimum atomic E-state index is -1.87. The van der Waals surface area contributed by atoms with Crippen LogP contribution in [0.1, 0.15) is 70.0 Å². The molecule has 0 radical (unpaired) electrons. The third-order valence-electron chi connectivity index (χ3n) is 11.4. The number of benzene rings is 2. The zero-order chi connectivity index (χ0) is 38.8. The Hall–Kier alpha value is -4.91. The Morgan fingerprint density at radius 2 is 1.53 bits per heavy atom. The number of Topliss-reactive ketones (excluding diaryl/α,β-unsaturated/α-hetero) is 1. The number of anilines is 1. The van der Waals surface area contributed by atoms with Crippen molar-refractivity contribution in [1.29, 1.82) is 0 Å². The van der Waals surface area contributed by atoms with Gasteiger partial charge in [0.1, 0.15) is 33.9 Å². The van der Waals surface area contributed by atoms with Crippen molar-refractivity contribution in [2.75, 3.05) is 5.32 Å². The van der Waals surface area contributed by atoms with E-state index in [1.165, 1.54) is 13.2 Å². The number of carbonyl (C=O) groups excluding carboxylic acids is 2. The lowest BCUT2D eigenvalue weighted by atomic mass is 9.77. The van der Waals surface area contributed by atoms with Crippen molar-refractivity contribution in [2.24, 2.45) is 29.6 Å². The maximum Gasteiger partial charge on any atom is 0.312 e. The molecule has 5 heterocycles. The number of nitrogens with zero attached hydrogens (tertiary/aromatic N) is 2. The second-order valence-electron chi connectivity index (χ2n) is 15.2. The number of allylic oxidation sites excluding steroid dienone is 3. The van der Waals surface area contributed by atoms with Crippen LogP contribution in [-0.4, -0.2) is 70.7 Å². The second-order valence-corrected chi connectivity index (χ2v) is 15.2. The molecular weight excluding hydrogens is 678 g/mol. The maximum atomic E-state index is 14.4. The first-order valence-electron chi connectivity index (χ1n) is 18.0. The Morgan fingerprint density at radius 3 is 2.23 bits per heavy atom. The summed E-state index contributed by atoms with van der Waals surface area (Å²) in [5.74, 6) is -5.99. The SMILES string of the molecule is C/C1=C/C=C/[C@H](C)[C@H](O)[C@@H](C)[C@@H](O)[C@@H](C)[C@H](O)[C@H](C)[C@@H](C)/C=C/O[C@@]2(C)Oc3c(C)c(O)c4c(O)c(c5c(nc6cc(C)ccn65)c4c3C2=O)NC1=O. The van der Waals surface area contributed by atoms with Crippen LogP contribution in [0.25, 0.3) is 27.5 Å². The Morgan fingerprint density at radius 1 is 0.868 bits per heavy atom. The van der Waals surface area contributed by atoms with E-state index < -0.39 is 59.3 Å². The lowest BCUT2D eigenvalue weighted by Gasteiger charge is -2.35. The first-order chi connectivity index (χ1) is 24.9. The highest BCUT2D eigenvalue weighted by Gasteiger charge is 2.49. The monoisotopic (exact) mass is 727 g/mol. The van der Waals surface area contributed by atoms with Gasteiger partial charge in [0.05, 0.1) is 35.5 Å². The van der Waals surface area contributed by atoms with Gasteiger partial charge in [0.25, 0.3) is 11.7 Å². The summed E-state index contributed by atoms with van der Waals surface area (Å²) in [4.78, 5) is 33.0. The van der Waals surface area contributed by atoms with Crippen molar-refractivity contribution in [3.63, 3.8) is 0 Å². The molecule has 53 heavy (non-hydrogen) atoms. The number of aliphatic hydroxyl groups excluding tert-OH is 3. The van der Waals surface area contributed by atoms with E-state index in [-0.39, 0.29) is 62.0 Å². The maximum absolute atomic E-state index is 14.4. The number of phenolic OH excluding ortho intramolecular Hbond substituents is 2. The lowest BCUT2D eigenvalue weighted by molar-refractivity contribution is -0.112. The molecule has 282 valence electrons. The number of nitrogens with one attached hydrogen (secondary N) is 1. The van der Waals surface area contributed by atoms with E-state index in [2.05, 4.69) is 5.32 Å². The number of carbonyl (C=O) groups is 2. The number of fused-ring (bicyclic) bond motifs is 14.